The van der Waals surface area contributed by atoms with E-state index in [1.807, 2.05) is 0 Å². The SMILES string of the molecule is C/C=N/OO. The first kappa shape index (κ1) is 4.43. The standard InChI is InChI=1S/C2H5NO2/c1-2-3-5-4/h2,4H,1H3/b3-2+. The summed E-state index contributed by atoms with van der Waals surface area (Å²) in [6.45, 7) is 1.64. The van der Waals surface area contributed by atoms with E-state index in [0.717, 1.165) is 0 Å². The molecule has 1 N–H and O–H groups in total. The van der Waals surface area contributed by atoms with Gasteiger partial charge in [0.05, 0.1) is 0 Å². The van der Waals surface area contributed by atoms with Crippen molar-refractivity contribution in [3.63, 3.8) is 0 Å². The summed E-state index contributed by atoms with van der Waals surface area (Å²) < 4.78 is 0. The van der Waals surface area contributed by atoms with Crippen LogP contribution in [0.5, 0.6) is 0 Å². The number of oxime groups is 1. The van der Waals surface area contributed by atoms with Gasteiger partial charge in [-0.25, -0.2) is 4.99 Å². The predicted octanol–water partition coefficient (Wildman–Crippen LogP) is 0.482. The quantitative estimate of drug-likeness (QED) is 0.280. The number of hydrogen-bond acceptors (Lipinski definition) is 3. The van der Waals surface area contributed by atoms with E-state index in [0.29, 0.717) is 0 Å². The van der Waals surface area contributed by atoms with Gasteiger partial charge in [0.1, 0.15) is 0 Å². The maximum absolute atomic E-state index is 7.37. The van der Waals surface area contributed by atoms with Crippen LogP contribution in [0.1, 0.15) is 6.92 Å². The lowest BCUT2D eigenvalue weighted by Gasteiger charge is -1.70. The normalized spacial score (nSPS) is 9.20. The van der Waals surface area contributed by atoms with Crippen molar-refractivity contribution >= 4 is 6.21 Å². The van der Waals surface area contributed by atoms with Crippen molar-refractivity contribution in [2.24, 2.45) is 5.16 Å². The van der Waals surface area contributed by atoms with Crippen LogP contribution in [0, 0.1) is 0 Å². The first-order valence-corrected chi connectivity index (χ1v) is 1.20. The Bertz CT molecular complexity index is 34.6. The van der Waals surface area contributed by atoms with Gasteiger partial charge in [-0.05, 0) is 6.92 Å². The second kappa shape index (κ2) is 3.43. The average molecular weight is 75.1 g/mol. The minimum Gasteiger partial charge on any atom is -0.224 e. The highest BCUT2D eigenvalue weighted by atomic mass is 17.2. The Kier molecular flexibility index (Phi) is 3.04. The van der Waals surface area contributed by atoms with Crippen molar-refractivity contribution < 1.29 is 10.2 Å². The van der Waals surface area contributed by atoms with E-state index in [4.69, 9.17) is 5.26 Å². The summed E-state index contributed by atoms with van der Waals surface area (Å²) in [5.41, 5.74) is 0. The molecular formula is C2H5NO2. The number of rotatable bonds is 1. The van der Waals surface area contributed by atoms with Gasteiger partial charge in [0.2, 0.25) is 0 Å². The molecule has 0 spiro atoms. The molecule has 30 valence electrons. The molecule has 0 saturated heterocycles. The predicted molar refractivity (Wildman–Crippen MR) is 17.9 cm³/mol. The van der Waals surface area contributed by atoms with Crippen LogP contribution in [-0.4, -0.2) is 11.5 Å². The third-order valence-corrected chi connectivity index (χ3v) is 0.153. The fourth-order valence-corrected chi connectivity index (χ4v) is 0.0471. The van der Waals surface area contributed by atoms with Crippen LogP contribution < -0.4 is 0 Å². The summed E-state index contributed by atoms with van der Waals surface area (Å²) in [7, 11) is 0. The zero-order valence-electron chi connectivity index (χ0n) is 2.88. The van der Waals surface area contributed by atoms with Crippen LogP contribution in [0.2, 0.25) is 0 Å². The van der Waals surface area contributed by atoms with E-state index >= 15 is 0 Å². The van der Waals surface area contributed by atoms with Crippen molar-refractivity contribution in [1.82, 2.24) is 0 Å². The maximum Gasteiger partial charge on any atom is 0.0446 e. The lowest BCUT2D eigenvalue weighted by Crippen LogP contribution is -1.64. The third-order valence-electron chi connectivity index (χ3n) is 0.153. The van der Waals surface area contributed by atoms with Crippen LogP contribution in [0.4, 0.5) is 0 Å². The fourth-order valence-electron chi connectivity index (χ4n) is 0.0471. The second-order valence-electron chi connectivity index (χ2n) is 0.445. The minimum atomic E-state index is 1.33. The Labute approximate surface area is 29.8 Å². The van der Waals surface area contributed by atoms with Gasteiger partial charge < -0.3 is 0 Å². The Morgan fingerprint density at radius 1 is 2.00 bits per heavy atom. The molecule has 0 rings (SSSR count). The highest BCUT2D eigenvalue weighted by molar-refractivity contribution is 5.51. The summed E-state index contributed by atoms with van der Waals surface area (Å²) >= 11 is 0. The van der Waals surface area contributed by atoms with Crippen LogP contribution in [0.3, 0.4) is 0 Å². The molecule has 0 aliphatic carbocycles. The van der Waals surface area contributed by atoms with Crippen molar-refractivity contribution in [3.05, 3.63) is 0 Å². The molecule has 5 heavy (non-hydrogen) atoms. The van der Waals surface area contributed by atoms with Gasteiger partial charge in [0.15, 0.2) is 0 Å². The fraction of sp³-hybridized carbons (Fsp3) is 0.500. The monoisotopic (exact) mass is 75.0 g/mol. The molecule has 0 aliphatic rings. The molecule has 0 fully saturated rings. The van der Waals surface area contributed by atoms with E-state index in [-0.39, 0.29) is 0 Å². The highest BCUT2D eigenvalue weighted by Crippen LogP contribution is 1.56. The van der Waals surface area contributed by atoms with Crippen molar-refractivity contribution in [3.8, 4) is 0 Å². The molecule has 0 amide bonds. The van der Waals surface area contributed by atoms with Crippen molar-refractivity contribution in [2.75, 3.05) is 0 Å². The van der Waals surface area contributed by atoms with Gasteiger partial charge in [-0.2, -0.15) is 5.26 Å². The number of hydrogen-bond donors (Lipinski definition) is 1. The lowest BCUT2D eigenvalue weighted by atomic mass is 10.9. The molecule has 0 aromatic rings. The summed E-state index contributed by atoms with van der Waals surface area (Å²) in [4.78, 5) is 3.26. The van der Waals surface area contributed by atoms with E-state index in [9.17, 15) is 0 Å². The molecule has 0 aliphatic heterocycles. The van der Waals surface area contributed by atoms with Crippen LogP contribution in [0.25, 0.3) is 0 Å². The van der Waals surface area contributed by atoms with Gasteiger partial charge in [-0.15, -0.1) is 0 Å². The van der Waals surface area contributed by atoms with E-state index in [2.05, 4.69) is 10.1 Å². The minimum absolute atomic E-state index is 1.33. The highest BCUT2D eigenvalue weighted by Gasteiger charge is 1.49. The molecule has 3 heteroatoms. The first-order chi connectivity index (χ1) is 2.41. The summed E-state index contributed by atoms with van der Waals surface area (Å²) in [6.07, 6.45) is 1.33. The maximum atomic E-state index is 7.37. The third kappa shape index (κ3) is 3.43. The molecule has 0 unspecified atom stereocenters. The zero-order valence-corrected chi connectivity index (χ0v) is 2.88. The summed E-state index contributed by atoms with van der Waals surface area (Å²) in [6, 6.07) is 0. The van der Waals surface area contributed by atoms with E-state index in [1.165, 1.54) is 6.21 Å². The van der Waals surface area contributed by atoms with E-state index < -0.39 is 0 Å². The summed E-state index contributed by atoms with van der Waals surface area (Å²) in [5.74, 6) is 0. The van der Waals surface area contributed by atoms with Gasteiger partial charge in [-0.1, -0.05) is 5.16 Å². The van der Waals surface area contributed by atoms with Crippen LogP contribution in [0.15, 0.2) is 5.16 Å². The molecule has 0 bridgehead atoms. The van der Waals surface area contributed by atoms with Gasteiger partial charge in [-0.3, -0.25) is 0 Å². The smallest absolute Gasteiger partial charge is 0.0446 e. The van der Waals surface area contributed by atoms with Crippen LogP contribution >= 0.6 is 0 Å². The van der Waals surface area contributed by atoms with Crippen LogP contribution in [-0.2, 0) is 4.99 Å². The molecule has 0 radical (unpaired) electrons. The zero-order chi connectivity index (χ0) is 4.12. The molecule has 0 aromatic heterocycles. The average Bonchev–Trinajstić information content (AvgIpc) is 1.41. The van der Waals surface area contributed by atoms with Crippen molar-refractivity contribution in [1.29, 1.82) is 0 Å². The van der Waals surface area contributed by atoms with Crippen molar-refractivity contribution in [2.45, 2.75) is 6.92 Å². The van der Waals surface area contributed by atoms with Gasteiger partial charge in [0, 0.05) is 6.21 Å². The Hall–Kier alpha value is -0.570. The van der Waals surface area contributed by atoms with Gasteiger partial charge in [0.25, 0.3) is 0 Å². The topological polar surface area (TPSA) is 41.8 Å². The molecule has 0 saturated carbocycles. The summed E-state index contributed by atoms with van der Waals surface area (Å²) in [5, 5.41) is 10.3. The molecule has 3 nitrogen and oxygen atoms in total. The first-order valence-electron chi connectivity index (χ1n) is 1.20. The Morgan fingerprint density at radius 2 is 2.60 bits per heavy atom. The lowest BCUT2D eigenvalue weighted by molar-refractivity contribution is -0.242. The number of nitrogens with zero attached hydrogens (tertiary/aromatic N) is 1. The molecule has 0 heterocycles. The molecule has 0 aromatic carbocycles. The second-order valence-corrected chi connectivity index (χ2v) is 0.445. The Morgan fingerprint density at radius 3 is 2.60 bits per heavy atom. The largest absolute Gasteiger partial charge is 0.224 e. The molecule has 0 atom stereocenters. The van der Waals surface area contributed by atoms with Gasteiger partial charge >= 0.3 is 0 Å². The molecular weight excluding hydrogens is 70.0 g/mol. The Balaban J connectivity index is 2.62. The van der Waals surface area contributed by atoms with E-state index in [1.54, 1.807) is 6.92 Å².